The van der Waals surface area contributed by atoms with Crippen molar-refractivity contribution in [3.8, 4) is 5.75 Å². The number of ketones is 2. The van der Waals surface area contributed by atoms with E-state index in [1.165, 1.54) is 0 Å². The molecule has 1 aliphatic rings. The Morgan fingerprint density at radius 3 is 2.42 bits per heavy atom. The normalized spacial score (nSPS) is 17.8. The number of hydrogen-bond acceptors (Lipinski definition) is 3. The van der Waals surface area contributed by atoms with Gasteiger partial charge < -0.3 is 4.74 Å². The van der Waals surface area contributed by atoms with Gasteiger partial charge in [0, 0.05) is 5.56 Å². The van der Waals surface area contributed by atoms with E-state index in [0.717, 1.165) is 5.56 Å². The van der Waals surface area contributed by atoms with Gasteiger partial charge in [-0.2, -0.15) is 0 Å². The van der Waals surface area contributed by atoms with E-state index in [4.69, 9.17) is 4.74 Å². The quantitative estimate of drug-likeness (QED) is 0.733. The monoisotopic (exact) mass is 252 g/mol. The third-order valence-corrected chi connectivity index (χ3v) is 3.27. The minimum Gasteiger partial charge on any atom is -0.477 e. The number of ether oxygens (including phenoxy) is 1. The third kappa shape index (κ3) is 1.83. The highest BCUT2D eigenvalue weighted by Crippen LogP contribution is 2.34. The minimum absolute atomic E-state index is 0.389. The molecule has 19 heavy (non-hydrogen) atoms. The number of fused-ring (bicyclic) bond motifs is 1. The molecule has 3 heteroatoms. The number of rotatable bonds is 1. The lowest BCUT2D eigenvalue weighted by Crippen LogP contribution is -2.32. The first-order valence-corrected chi connectivity index (χ1v) is 6.08. The molecule has 0 saturated heterocycles. The first-order valence-electron chi connectivity index (χ1n) is 6.08. The summed E-state index contributed by atoms with van der Waals surface area (Å²) in [7, 11) is 0. The molecule has 1 atom stereocenters. The van der Waals surface area contributed by atoms with Crippen LogP contribution in [0.25, 0.3) is 0 Å². The van der Waals surface area contributed by atoms with Crippen LogP contribution in [-0.2, 0) is 4.79 Å². The standard InChI is InChI=1S/C16H12O3/c1-10-6-5-9-12-13(10)14(17)15(18)16(19-12)11-7-3-2-4-8-11/h2-9,16H,1H3. The van der Waals surface area contributed by atoms with Crippen molar-refractivity contribution in [2.75, 3.05) is 0 Å². The van der Waals surface area contributed by atoms with E-state index in [2.05, 4.69) is 0 Å². The Hall–Kier alpha value is -2.42. The van der Waals surface area contributed by atoms with Gasteiger partial charge in [0.15, 0.2) is 6.10 Å². The average molecular weight is 252 g/mol. The van der Waals surface area contributed by atoms with Gasteiger partial charge in [-0.15, -0.1) is 0 Å². The van der Waals surface area contributed by atoms with Crippen LogP contribution in [0.5, 0.6) is 5.75 Å². The van der Waals surface area contributed by atoms with Crippen molar-refractivity contribution < 1.29 is 14.3 Å². The number of hydrogen-bond donors (Lipinski definition) is 0. The summed E-state index contributed by atoms with van der Waals surface area (Å²) in [6.07, 6.45) is -0.831. The molecule has 0 aromatic heterocycles. The Kier molecular flexibility index (Phi) is 2.67. The van der Waals surface area contributed by atoms with Gasteiger partial charge in [-0.1, -0.05) is 42.5 Å². The van der Waals surface area contributed by atoms with Crippen LogP contribution in [0.15, 0.2) is 48.5 Å². The second-order valence-electron chi connectivity index (χ2n) is 4.55. The summed E-state index contributed by atoms with van der Waals surface area (Å²) < 4.78 is 5.71. The molecular formula is C16H12O3. The summed E-state index contributed by atoms with van der Waals surface area (Å²) in [6.45, 7) is 1.80. The summed E-state index contributed by atoms with van der Waals surface area (Å²) >= 11 is 0. The van der Waals surface area contributed by atoms with Crippen molar-refractivity contribution in [1.29, 1.82) is 0 Å². The third-order valence-electron chi connectivity index (χ3n) is 3.27. The van der Waals surface area contributed by atoms with Crippen molar-refractivity contribution in [3.05, 3.63) is 65.2 Å². The van der Waals surface area contributed by atoms with Gasteiger partial charge in [-0.05, 0) is 18.6 Å². The molecule has 94 valence electrons. The zero-order valence-electron chi connectivity index (χ0n) is 10.4. The molecule has 0 N–H and O–H groups in total. The van der Waals surface area contributed by atoms with Crippen LogP contribution in [0.2, 0.25) is 0 Å². The maximum Gasteiger partial charge on any atom is 0.248 e. The molecule has 0 saturated carbocycles. The summed E-state index contributed by atoms with van der Waals surface area (Å²) in [4.78, 5) is 24.4. The molecule has 2 aromatic rings. The highest BCUT2D eigenvalue weighted by molar-refractivity contribution is 6.46. The Balaban J connectivity index is 2.10. The van der Waals surface area contributed by atoms with E-state index in [-0.39, 0.29) is 0 Å². The Morgan fingerprint density at radius 2 is 1.68 bits per heavy atom. The average Bonchev–Trinajstić information content (AvgIpc) is 2.43. The van der Waals surface area contributed by atoms with E-state index in [0.29, 0.717) is 16.9 Å². The molecule has 1 aliphatic heterocycles. The van der Waals surface area contributed by atoms with Gasteiger partial charge in [0.25, 0.3) is 0 Å². The maximum absolute atomic E-state index is 12.2. The number of carbonyl (C=O) groups is 2. The van der Waals surface area contributed by atoms with Crippen molar-refractivity contribution >= 4 is 11.6 Å². The van der Waals surface area contributed by atoms with Gasteiger partial charge in [0.2, 0.25) is 11.6 Å². The smallest absolute Gasteiger partial charge is 0.248 e. The lowest BCUT2D eigenvalue weighted by Gasteiger charge is -2.25. The zero-order chi connectivity index (χ0) is 13.4. The summed E-state index contributed by atoms with van der Waals surface area (Å²) in [5, 5.41) is 0. The molecular weight excluding hydrogens is 240 g/mol. The molecule has 0 bridgehead atoms. The first kappa shape index (κ1) is 11.7. The summed E-state index contributed by atoms with van der Waals surface area (Å²) in [5.41, 5.74) is 1.86. The molecule has 3 rings (SSSR count). The van der Waals surface area contributed by atoms with E-state index < -0.39 is 17.7 Å². The number of benzene rings is 2. The van der Waals surface area contributed by atoms with Crippen molar-refractivity contribution in [2.24, 2.45) is 0 Å². The molecule has 0 spiro atoms. The van der Waals surface area contributed by atoms with Gasteiger partial charge >= 0.3 is 0 Å². The molecule has 0 amide bonds. The van der Waals surface area contributed by atoms with Gasteiger partial charge in [0.1, 0.15) is 5.75 Å². The Morgan fingerprint density at radius 1 is 0.947 bits per heavy atom. The van der Waals surface area contributed by atoms with E-state index in [1.807, 2.05) is 24.3 Å². The summed E-state index contributed by atoms with van der Waals surface area (Å²) in [6, 6.07) is 14.4. The second-order valence-corrected chi connectivity index (χ2v) is 4.55. The predicted octanol–water partition coefficient (Wildman–Crippen LogP) is 2.88. The first-order chi connectivity index (χ1) is 9.18. The Labute approximate surface area is 110 Å². The molecule has 0 fully saturated rings. The molecule has 2 aromatic carbocycles. The van der Waals surface area contributed by atoms with Crippen molar-refractivity contribution in [2.45, 2.75) is 13.0 Å². The highest BCUT2D eigenvalue weighted by Gasteiger charge is 2.37. The number of aryl methyl sites for hydroxylation is 1. The lowest BCUT2D eigenvalue weighted by atomic mass is 9.92. The topological polar surface area (TPSA) is 43.4 Å². The fourth-order valence-electron chi connectivity index (χ4n) is 2.30. The van der Waals surface area contributed by atoms with Crippen LogP contribution in [-0.4, -0.2) is 11.6 Å². The number of Topliss-reactive ketones (excluding diaryl/α,β-unsaturated/α-hetero) is 2. The largest absolute Gasteiger partial charge is 0.477 e. The summed E-state index contributed by atoms with van der Waals surface area (Å²) in [5.74, 6) is -0.486. The van der Waals surface area contributed by atoms with Crippen LogP contribution >= 0.6 is 0 Å². The van der Waals surface area contributed by atoms with Gasteiger partial charge in [0.05, 0.1) is 5.56 Å². The maximum atomic E-state index is 12.2. The van der Waals surface area contributed by atoms with Crippen LogP contribution in [0.4, 0.5) is 0 Å². The SMILES string of the molecule is Cc1cccc2c1C(=O)C(=O)C(c1ccccc1)O2. The van der Waals surface area contributed by atoms with Gasteiger partial charge in [-0.25, -0.2) is 0 Å². The van der Waals surface area contributed by atoms with Crippen LogP contribution in [0.1, 0.15) is 27.6 Å². The molecule has 0 radical (unpaired) electrons. The highest BCUT2D eigenvalue weighted by atomic mass is 16.5. The lowest BCUT2D eigenvalue weighted by molar-refractivity contribution is -0.122. The molecule has 0 aliphatic carbocycles. The van der Waals surface area contributed by atoms with Gasteiger partial charge in [-0.3, -0.25) is 9.59 Å². The van der Waals surface area contributed by atoms with E-state index in [1.54, 1.807) is 31.2 Å². The molecule has 3 nitrogen and oxygen atoms in total. The fourth-order valence-corrected chi connectivity index (χ4v) is 2.30. The van der Waals surface area contributed by atoms with E-state index in [9.17, 15) is 9.59 Å². The van der Waals surface area contributed by atoms with E-state index >= 15 is 0 Å². The van der Waals surface area contributed by atoms with Crippen LogP contribution in [0, 0.1) is 6.92 Å². The predicted molar refractivity (Wildman–Crippen MR) is 70.3 cm³/mol. The number of carbonyl (C=O) groups excluding carboxylic acids is 2. The second kappa shape index (κ2) is 4.35. The fraction of sp³-hybridized carbons (Fsp3) is 0.125. The zero-order valence-corrected chi connectivity index (χ0v) is 10.4. The molecule has 1 heterocycles. The van der Waals surface area contributed by atoms with Crippen molar-refractivity contribution in [1.82, 2.24) is 0 Å². The molecule has 1 unspecified atom stereocenters. The van der Waals surface area contributed by atoms with Crippen LogP contribution in [0.3, 0.4) is 0 Å². The minimum atomic E-state index is -0.831. The Bertz CT molecular complexity index is 659. The van der Waals surface area contributed by atoms with Crippen LogP contribution < -0.4 is 4.74 Å². The van der Waals surface area contributed by atoms with Crippen molar-refractivity contribution in [3.63, 3.8) is 0 Å².